The van der Waals surface area contributed by atoms with E-state index < -0.39 is 9.84 Å². The van der Waals surface area contributed by atoms with Gasteiger partial charge in [-0.05, 0) is 44.4 Å². The first kappa shape index (κ1) is 20.7. The Hall–Kier alpha value is -1.56. The van der Waals surface area contributed by atoms with Crippen LogP contribution >= 0.6 is 0 Å². The number of amides is 1. The Morgan fingerprint density at radius 1 is 1.12 bits per heavy atom. The fourth-order valence-corrected chi connectivity index (χ4v) is 5.24. The summed E-state index contributed by atoms with van der Waals surface area (Å²) in [6, 6.07) is 8.09. The van der Waals surface area contributed by atoms with Gasteiger partial charge in [0.15, 0.2) is 9.84 Å². The minimum Gasteiger partial charge on any atom is -0.372 e. The molecule has 0 bridgehead atoms. The minimum absolute atomic E-state index is 0.0711. The molecule has 1 atom stereocenters. The summed E-state index contributed by atoms with van der Waals surface area (Å²) in [7, 11) is -3.01. The second kappa shape index (κ2) is 9.40. The quantitative estimate of drug-likeness (QED) is 0.660. The average Bonchev–Trinajstić information content (AvgIpc) is 2.99. The maximum Gasteiger partial charge on any atom is 0.223 e. The van der Waals surface area contributed by atoms with Crippen molar-refractivity contribution in [1.29, 1.82) is 0 Å². The Kier molecular flexibility index (Phi) is 7.50. The third-order valence-electron chi connectivity index (χ3n) is 5.13. The summed E-state index contributed by atoms with van der Waals surface area (Å²) in [6.45, 7) is 8.72. The van der Waals surface area contributed by atoms with Gasteiger partial charge in [-0.3, -0.25) is 4.79 Å². The second-order valence-electron chi connectivity index (χ2n) is 7.02. The third-order valence-corrected chi connectivity index (χ3v) is 6.88. The van der Waals surface area contributed by atoms with Crippen LogP contribution in [0.5, 0.6) is 0 Å². The summed E-state index contributed by atoms with van der Waals surface area (Å²) in [5.74, 6) is 0.361. The highest BCUT2D eigenvalue weighted by Crippen LogP contribution is 2.23. The summed E-state index contributed by atoms with van der Waals surface area (Å²) in [6.07, 6.45) is 2.85. The molecule has 1 saturated heterocycles. The van der Waals surface area contributed by atoms with E-state index in [0.29, 0.717) is 19.4 Å². The number of rotatable bonds is 9. The molecule has 0 aromatic heterocycles. The lowest BCUT2D eigenvalue weighted by molar-refractivity contribution is -0.133. The molecule has 1 heterocycles. The van der Waals surface area contributed by atoms with E-state index in [-0.39, 0.29) is 23.5 Å². The van der Waals surface area contributed by atoms with E-state index in [0.717, 1.165) is 31.5 Å². The van der Waals surface area contributed by atoms with Crippen LogP contribution in [-0.4, -0.2) is 49.9 Å². The van der Waals surface area contributed by atoms with Crippen molar-refractivity contribution in [3.63, 3.8) is 0 Å². The highest BCUT2D eigenvalue weighted by molar-refractivity contribution is 7.91. The van der Waals surface area contributed by atoms with Crippen molar-refractivity contribution >= 4 is 21.4 Å². The van der Waals surface area contributed by atoms with Gasteiger partial charge in [-0.1, -0.05) is 25.5 Å². The van der Waals surface area contributed by atoms with Crippen LogP contribution in [0.25, 0.3) is 0 Å². The van der Waals surface area contributed by atoms with E-state index in [1.165, 1.54) is 5.69 Å². The molecule has 0 radical (unpaired) electrons. The molecule has 1 unspecified atom stereocenters. The summed E-state index contributed by atoms with van der Waals surface area (Å²) in [5, 5.41) is 0. The molecule has 5 nitrogen and oxygen atoms in total. The lowest BCUT2D eigenvalue weighted by Crippen LogP contribution is -2.40. The predicted octanol–water partition coefficient (Wildman–Crippen LogP) is 3.24. The summed E-state index contributed by atoms with van der Waals surface area (Å²) < 4.78 is 23.8. The van der Waals surface area contributed by atoms with Crippen LogP contribution in [0.1, 0.15) is 52.0 Å². The predicted molar refractivity (Wildman–Crippen MR) is 107 cm³/mol. The molecule has 0 saturated carbocycles. The van der Waals surface area contributed by atoms with Crippen LogP contribution in [0, 0.1) is 0 Å². The Bertz CT molecular complexity index is 682. The summed E-state index contributed by atoms with van der Waals surface area (Å²) >= 11 is 0. The average molecular weight is 381 g/mol. The van der Waals surface area contributed by atoms with Gasteiger partial charge in [0.25, 0.3) is 0 Å². The van der Waals surface area contributed by atoms with E-state index in [4.69, 9.17) is 0 Å². The van der Waals surface area contributed by atoms with Crippen LogP contribution in [0.2, 0.25) is 0 Å². The van der Waals surface area contributed by atoms with Gasteiger partial charge in [0, 0.05) is 37.8 Å². The minimum atomic E-state index is -3.01. The Morgan fingerprint density at radius 2 is 1.77 bits per heavy atom. The normalized spacial score (nSPS) is 18.7. The number of carbonyl (C=O) groups is 1. The largest absolute Gasteiger partial charge is 0.372 e. The number of anilines is 1. The number of nitrogens with zero attached hydrogens (tertiary/aromatic N) is 2. The maximum absolute atomic E-state index is 12.7. The molecule has 0 aliphatic carbocycles. The topological polar surface area (TPSA) is 57.7 Å². The second-order valence-corrected chi connectivity index (χ2v) is 9.25. The van der Waals surface area contributed by atoms with E-state index >= 15 is 0 Å². The van der Waals surface area contributed by atoms with Crippen LogP contribution in [0.3, 0.4) is 0 Å². The van der Waals surface area contributed by atoms with Crippen molar-refractivity contribution in [2.75, 3.05) is 29.5 Å². The van der Waals surface area contributed by atoms with Crippen LogP contribution < -0.4 is 4.90 Å². The number of sulfone groups is 1. The van der Waals surface area contributed by atoms with E-state index in [2.05, 4.69) is 49.9 Å². The summed E-state index contributed by atoms with van der Waals surface area (Å²) in [5.41, 5.74) is 2.22. The standard InChI is InChI=1S/C20H32N2O3S/c1-4-7-8-20(23)22(19-13-14-26(24,25)16-19)15-17-9-11-18(12-10-17)21(5-2)6-3/h9-12,19H,4-8,13-16H2,1-3H3. The lowest BCUT2D eigenvalue weighted by atomic mass is 10.1. The van der Waals surface area contributed by atoms with Crippen LogP contribution in [-0.2, 0) is 21.2 Å². The first-order valence-electron chi connectivity index (χ1n) is 9.74. The molecule has 1 aromatic carbocycles. The number of unbranched alkanes of at least 4 members (excludes halogenated alkanes) is 1. The van der Waals surface area contributed by atoms with Crippen molar-refractivity contribution < 1.29 is 13.2 Å². The van der Waals surface area contributed by atoms with Gasteiger partial charge in [-0.25, -0.2) is 8.42 Å². The Balaban J connectivity index is 2.14. The van der Waals surface area contributed by atoms with E-state index in [1.807, 2.05) is 0 Å². The van der Waals surface area contributed by atoms with Crippen molar-refractivity contribution in [3.8, 4) is 0 Å². The molecule has 1 amide bonds. The van der Waals surface area contributed by atoms with Crippen molar-refractivity contribution in [2.24, 2.45) is 0 Å². The summed E-state index contributed by atoms with van der Waals surface area (Å²) in [4.78, 5) is 16.8. The van der Waals surface area contributed by atoms with E-state index in [9.17, 15) is 13.2 Å². The van der Waals surface area contributed by atoms with Crippen molar-refractivity contribution in [1.82, 2.24) is 4.90 Å². The van der Waals surface area contributed by atoms with E-state index in [1.54, 1.807) is 4.90 Å². The third kappa shape index (κ3) is 5.47. The van der Waals surface area contributed by atoms with Gasteiger partial charge in [-0.2, -0.15) is 0 Å². The van der Waals surface area contributed by atoms with Crippen LogP contribution in [0.4, 0.5) is 5.69 Å². The highest BCUT2D eigenvalue weighted by atomic mass is 32.2. The van der Waals surface area contributed by atoms with Gasteiger partial charge in [0.05, 0.1) is 11.5 Å². The highest BCUT2D eigenvalue weighted by Gasteiger charge is 2.34. The molecule has 1 aliphatic rings. The zero-order valence-electron chi connectivity index (χ0n) is 16.3. The monoisotopic (exact) mass is 380 g/mol. The van der Waals surface area contributed by atoms with Crippen molar-refractivity contribution in [3.05, 3.63) is 29.8 Å². The van der Waals surface area contributed by atoms with Gasteiger partial charge >= 0.3 is 0 Å². The van der Waals surface area contributed by atoms with Gasteiger partial charge < -0.3 is 9.80 Å². The molecule has 6 heteroatoms. The van der Waals surface area contributed by atoms with Crippen LogP contribution in [0.15, 0.2) is 24.3 Å². The number of hydrogen-bond donors (Lipinski definition) is 0. The maximum atomic E-state index is 12.7. The van der Waals surface area contributed by atoms with Gasteiger partial charge in [-0.15, -0.1) is 0 Å². The zero-order chi connectivity index (χ0) is 19.2. The van der Waals surface area contributed by atoms with Crippen molar-refractivity contribution in [2.45, 2.75) is 59.0 Å². The molecule has 1 fully saturated rings. The molecule has 146 valence electrons. The molecule has 0 spiro atoms. The van der Waals surface area contributed by atoms with Gasteiger partial charge in [0.2, 0.25) is 5.91 Å². The zero-order valence-corrected chi connectivity index (χ0v) is 17.1. The molecular formula is C20H32N2O3S. The number of hydrogen-bond acceptors (Lipinski definition) is 4. The SMILES string of the molecule is CCCCC(=O)N(Cc1ccc(N(CC)CC)cc1)C1CCS(=O)(=O)C1. The molecule has 1 aromatic rings. The molecule has 1 aliphatic heterocycles. The lowest BCUT2D eigenvalue weighted by Gasteiger charge is -2.29. The number of benzene rings is 1. The number of carbonyl (C=O) groups excluding carboxylic acids is 1. The Labute approximate surface area is 158 Å². The molecular weight excluding hydrogens is 348 g/mol. The first-order chi connectivity index (χ1) is 12.4. The molecule has 2 rings (SSSR count). The fourth-order valence-electron chi connectivity index (χ4n) is 3.51. The molecule has 0 N–H and O–H groups in total. The fraction of sp³-hybridized carbons (Fsp3) is 0.650. The Morgan fingerprint density at radius 3 is 2.27 bits per heavy atom. The van der Waals surface area contributed by atoms with Gasteiger partial charge in [0.1, 0.15) is 0 Å². The smallest absolute Gasteiger partial charge is 0.223 e. The first-order valence-corrected chi connectivity index (χ1v) is 11.6. The molecule has 26 heavy (non-hydrogen) atoms.